The molecule has 32 heavy (non-hydrogen) atoms. The van der Waals surface area contributed by atoms with E-state index < -0.39 is 0 Å². The summed E-state index contributed by atoms with van der Waals surface area (Å²) in [5, 5.41) is 11.8. The van der Waals surface area contributed by atoms with Gasteiger partial charge in [-0.3, -0.25) is 14.8 Å². The lowest BCUT2D eigenvalue weighted by Gasteiger charge is -2.32. The molecule has 6 heteroatoms. The third kappa shape index (κ3) is 3.71. The number of nitrogens with one attached hydrogen (secondary N) is 2. The highest BCUT2D eigenvalue weighted by molar-refractivity contribution is 5.98. The zero-order valence-corrected chi connectivity index (χ0v) is 18.5. The lowest BCUT2D eigenvalue weighted by molar-refractivity contribution is 0.0674. The first-order valence-corrected chi connectivity index (χ1v) is 12.0. The fraction of sp³-hybridized carbons (Fsp3) is 0.462. The molecule has 1 aromatic heterocycles. The summed E-state index contributed by atoms with van der Waals surface area (Å²) in [7, 11) is 0. The topological polar surface area (TPSA) is 64.3 Å². The van der Waals surface area contributed by atoms with Gasteiger partial charge >= 0.3 is 0 Å². The van der Waals surface area contributed by atoms with Gasteiger partial charge in [-0.2, -0.15) is 5.10 Å². The van der Waals surface area contributed by atoms with Crippen molar-refractivity contribution in [3.63, 3.8) is 0 Å². The lowest BCUT2D eigenvalue weighted by atomic mass is 9.87. The molecule has 1 atom stereocenters. The number of amides is 1. The van der Waals surface area contributed by atoms with Crippen molar-refractivity contribution in [3.05, 3.63) is 64.8 Å². The van der Waals surface area contributed by atoms with E-state index in [2.05, 4.69) is 61.7 Å². The lowest BCUT2D eigenvalue weighted by Crippen LogP contribution is -2.46. The number of rotatable bonds is 4. The van der Waals surface area contributed by atoms with Crippen molar-refractivity contribution in [3.8, 4) is 0 Å². The van der Waals surface area contributed by atoms with E-state index in [0.29, 0.717) is 12.0 Å². The van der Waals surface area contributed by atoms with Crippen molar-refractivity contribution in [2.75, 3.05) is 26.2 Å². The summed E-state index contributed by atoms with van der Waals surface area (Å²) in [6.45, 7) is 6.01. The van der Waals surface area contributed by atoms with Crippen molar-refractivity contribution in [1.29, 1.82) is 0 Å². The Balaban J connectivity index is 1.09. The first kappa shape index (κ1) is 19.9. The van der Waals surface area contributed by atoms with Crippen LogP contribution >= 0.6 is 0 Å². The van der Waals surface area contributed by atoms with Gasteiger partial charge in [-0.1, -0.05) is 18.2 Å². The minimum atomic E-state index is 0.227. The molecular formula is C26H31N5O. The molecule has 3 aliphatic heterocycles. The van der Waals surface area contributed by atoms with Gasteiger partial charge in [-0.25, -0.2) is 0 Å². The first-order valence-electron chi connectivity index (χ1n) is 12.0. The second kappa shape index (κ2) is 8.34. The van der Waals surface area contributed by atoms with Gasteiger partial charge in [0, 0.05) is 36.6 Å². The maximum absolute atomic E-state index is 13.0. The fourth-order valence-electron chi connectivity index (χ4n) is 5.78. The summed E-state index contributed by atoms with van der Waals surface area (Å²) in [5.41, 5.74) is 6.02. The Morgan fingerprint density at radius 3 is 2.81 bits per heavy atom. The van der Waals surface area contributed by atoms with Gasteiger partial charge in [0.05, 0.1) is 11.7 Å². The average Bonchev–Trinajstić information content (AvgIpc) is 3.44. The van der Waals surface area contributed by atoms with Crippen molar-refractivity contribution in [2.24, 2.45) is 0 Å². The fourth-order valence-corrected chi connectivity index (χ4v) is 5.78. The van der Waals surface area contributed by atoms with E-state index in [4.69, 9.17) is 0 Å². The van der Waals surface area contributed by atoms with E-state index in [1.165, 1.54) is 34.9 Å². The zero-order valence-electron chi connectivity index (χ0n) is 18.5. The number of aromatic nitrogens is 2. The van der Waals surface area contributed by atoms with Crippen LogP contribution in [-0.4, -0.2) is 58.1 Å². The van der Waals surface area contributed by atoms with Crippen LogP contribution in [0.1, 0.15) is 58.6 Å². The Hall–Kier alpha value is -2.70. The van der Waals surface area contributed by atoms with Crippen molar-refractivity contribution >= 4 is 16.8 Å². The molecule has 6 rings (SSSR count). The van der Waals surface area contributed by atoms with Crippen LogP contribution in [0.5, 0.6) is 0 Å². The molecule has 2 aromatic carbocycles. The molecule has 2 fully saturated rings. The Morgan fingerprint density at radius 2 is 1.97 bits per heavy atom. The summed E-state index contributed by atoms with van der Waals surface area (Å²) in [6, 6.07) is 13.6. The monoisotopic (exact) mass is 429 g/mol. The Labute approximate surface area is 189 Å². The molecule has 0 bridgehead atoms. The number of carbonyl (C=O) groups excluding carboxylic acids is 1. The van der Waals surface area contributed by atoms with E-state index in [-0.39, 0.29) is 5.91 Å². The number of H-pyrrole nitrogens is 1. The van der Waals surface area contributed by atoms with Gasteiger partial charge in [-0.15, -0.1) is 0 Å². The molecule has 0 radical (unpaired) electrons. The number of likely N-dealkylation sites (tertiary alicyclic amines) is 1. The van der Waals surface area contributed by atoms with Gasteiger partial charge in [0.1, 0.15) is 0 Å². The number of hydrogen-bond acceptors (Lipinski definition) is 4. The SMILES string of the molecule is O=C1c2ccc(C3CCN(Cc4ccc5[nH]ncc5c4)CC3)cc2CN1C1CCCNC1. The normalized spacial score (nSPS) is 22.6. The molecule has 2 saturated heterocycles. The van der Waals surface area contributed by atoms with E-state index in [1.807, 2.05) is 6.20 Å². The van der Waals surface area contributed by atoms with Crippen LogP contribution in [-0.2, 0) is 13.1 Å². The number of fused-ring (bicyclic) bond motifs is 2. The molecule has 3 aliphatic rings. The van der Waals surface area contributed by atoms with Gasteiger partial charge in [0.2, 0.25) is 0 Å². The largest absolute Gasteiger partial charge is 0.330 e. The predicted octanol–water partition coefficient (Wildman–Crippen LogP) is 3.65. The number of piperidine rings is 2. The number of aromatic amines is 1. The van der Waals surface area contributed by atoms with Crippen LogP contribution in [0, 0.1) is 0 Å². The summed E-state index contributed by atoms with van der Waals surface area (Å²) < 4.78 is 0. The highest BCUT2D eigenvalue weighted by Crippen LogP contribution is 2.33. The standard InChI is InChI=1S/C26H31N5O/c32-26-24-5-4-20(13-22(24)17-31(26)23-2-1-9-27-15-23)19-7-10-30(11-8-19)16-18-3-6-25-21(12-18)14-28-29-25/h3-6,12-14,19,23,27H,1-2,7-11,15-17H2,(H,28,29). The van der Waals surface area contributed by atoms with Gasteiger partial charge < -0.3 is 10.2 Å². The maximum Gasteiger partial charge on any atom is 0.254 e. The van der Waals surface area contributed by atoms with Crippen molar-refractivity contribution in [1.82, 2.24) is 25.3 Å². The highest BCUT2D eigenvalue weighted by atomic mass is 16.2. The third-order valence-electron chi connectivity index (χ3n) is 7.64. The molecule has 1 unspecified atom stereocenters. The van der Waals surface area contributed by atoms with Crippen LogP contribution < -0.4 is 5.32 Å². The highest BCUT2D eigenvalue weighted by Gasteiger charge is 2.34. The van der Waals surface area contributed by atoms with Crippen LogP contribution in [0.3, 0.4) is 0 Å². The summed E-state index contributed by atoms with van der Waals surface area (Å²) >= 11 is 0. The minimum Gasteiger partial charge on any atom is -0.330 e. The van der Waals surface area contributed by atoms with E-state index in [0.717, 1.165) is 63.2 Å². The molecular weight excluding hydrogens is 398 g/mol. The molecule has 3 aromatic rings. The minimum absolute atomic E-state index is 0.227. The van der Waals surface area contributed by atoms with Crippen molar-refractivity contribution < 1.29 is 4.79 Å². The zero-order chi connectivity index (χ0) is 21.5. The Kier molecular flexibility index (Phi) is 5.20. The smallest absolute Gasteiger partial charge is 0.254 e. The third-order valence-corrected chi connectivity index (χ3v) is 7.64. The van der Waals surface area contributed by atoms with Crippen LogP contribution in [0.15, 0.2) is 42.6 Å². The van der Waals surface area contributed by atoms with Crippen LogP contribution in [0.2, 0.25) is 0 Å². The second-order valence-corrected chi connectivity index (χ2v) is 9.69. The molecule has 166 valence electrons. The Bertz CT molecular complexity index is 1120. The first-order chi connectivity index (χ1) is 15.7. The van der Waals surface area contributed by atoms with Gasteiger partial charge in [0.25, 0.3) is 5.91 Å². The number of nitrogens with zero attached hydrogens (tertiary/aromatic N) is 3. The van der Waals surface area contributed by atoms with E-state index in [1.54, 1.807) is 0 Å². The van der Waals surface area contributed by atoms with E-state index >= 15 is 0 Å². The van der Waals surface area contributed by atoms with Gasteiger partial charge in [0.15, 0.2) is 0 Å². The average molecular weight is 430 g/mol. The van der Waals surface area contributed by atoms with Gasteiger partial charge in [-0.05, 0) is 86.1 Å². The molecule has 0 spiro atoms. The Morgan fingerprint density at radius 1 is 1.06 bits per heavy atom. The number of carbonyl (C=O) groups is 1. The molecule has 6 nitrogen and oxygen atoms in total. The summed E-state index contributed by atoms with van der Waals surface area (Å²) in [4.78, 5) is 17.6. The molecule has 2 N–H and O–H groups in total. The maximum atomic E-state index is 13.0. The van der Waals surface area contributed by atoms with Crippen molar-refractivity contribution in [2.45, 2.75) is 50.7 Å². The van der Waals surface area contributed by atoms with Crippen LogP contribution in [0.25, 0.3) is 10.9 Å². The molecule has 0 saturated carbocycles. The number of hydrogen-bond donors (Lipinski definition) is 2. The summed E-state index contributed by atoms with van der Waals surface area (Å²) in [6.07, 6.45) is 6.53. The number of benzene rings is 2. The van der Waals surface area contributed by atoms with E-state index in [9.17, 15) is 4.79 Å². The predicted molar refractivity (Wildman–Crippen MR) is 126 cm³/mol. The van der Waals surface area contributed by atoms with Crippen LogP contribution in [0.4, 0.5) is 0 Å². The quantitative estimate of drug-likeness (QED) is 0.665. The second-order valence-electron chi connectivity index (χ2n) is 9.69. The summed E-state index contributed by atoms with van der Waals surface area (Å²) in [5.74, 6) is 0.818. The molecule has 1 amide bonds. The molecule has 4 heterocycles. The molecule has 0 aliphatic carbocycles.